The number of carbonyl (C=O) groups is 1. The van der Waals surface area contributed by atoms with E-state index in [0.29, 0.717) is 12.8 Å². The molecule has 0 spiro atoms. The van der Waals surface area contributed by atoms with Crippen molar-refractivity contribution in [3.05, 3.63) is 88.5 Å². The summed E-state index contributed by atoms with van der Waals surface area (Å²) >= 11 is 6.26. The molecule has 1 amide bonds. The first-order chi connectivity index (χ1) is 19.3. The van der Waals surface area contributed by atoms with Gasteiger partial charge in [-0.1, -0.05) is 11.6 Å². The van der Waals surface area contributed by atoms with E-state index in [1.54, 1.807) is 0 Å². The van der Waals surface area contributed by atoms with Crippen molar-refractivity contribution in [2.45, 2.75) is 53.6 Å². The Hall–Kier alpha value is -3.03. The van der Waals surface area contributed by atoms with Gasteiger partial charge in [0.15, 0.2) is 21.5 Å². The standard InChI is InChI=1S/C28H26ClF3N2O6S/c29-20-5-1-14(27(37)34-18-4-6-21(31)22(32)13-18)9-24(20)41(39,40)19-10-15-2-3-16(11-19)28(15,38)26(36)25(35)23-12-17(30)7-8-33-23/h1,4-9,12-13,15-16,19,25-26,35-36,38H,2-3,10-11H2,(H,34,37)/t15-,16?,19?,25?,26?,28-/m0/s1. The smallest absolute Gasteiger partial charge is 0.255 e. The fourth-order valence-corrected chi connectivity index (χ4v) is 8.50. The Balaban J connectivity index is 1.37. The van der Waals surface area contributed by atoms with Crippen LogP contribution in [-0.2, 0) is 9.84 Å². The molecular formula is C28H26ClF3N2O6S. The molecule has 2 aliphatic rings. The van der Waals surface area contributed by atoms with Crippen LogP contribution in [0.25, 0.3) is 0 Å². The van der Waals surface area contributed by atoms with Gasteiger partial charge < -0.3 is 20.6 Å². The molecular weight excluding hydrogens is 585 g/mol. The van der Waals surface area contributed by atoms with Crippen molar-refractivity contribution in [1.29, 1.82) is 0 Å². The molecule has 0 aliphatic heterocycles. The third kappa shape index (κ3) is 5.35. The SMILES string of the molecule is O=C(Nc1ccc(F)c(F)c1)c1ccc(Cl)c(S(=O)(=O)C2CC3CC[C@@H](C2)[C@@]3(O)C(O)C(O)c2cc(F)ccn2)c1. The molecule has 41 heavy (non-hydrogen) atoms. The highest BCUT2D eigenvalue weighted by molar-refractivity contribution is 7.92. The molecule has 4 N–H and O–H groups in total. The number of amides is 1. The minimum Gasteiger partial charge on any atom is -0.387 e. The van der Waals surface area contributed by atoms with Gasteiger partial charge in [-0.3, -0.25) is 9.78 Å². The molecule has 4 unspecified atom stereocenters. The fraction of sp³-hybridized carbons (Fsp3) is 0.357. The number of nitrogens with one attached hydrogen (secondary N) is 1. The summed E-state index contributed by atoms with van der Waals surface area (Å²) in [6.45, 7) is 0. The Bertz CT molecular complexity index is 1590. The molecule has 8 nitrogen and oxygen atoms in total. The van der Waals surface area contributed by atoms with Crippen LogP contribution in [0.1, 0.15) is 47.8 Å². The van der Waals surface area contributed by atoms with Gasteiger partial charge in [-0.2, -0.15) is 0 Å². The zero-order valence-corrected chi connectivity index (χ0v) is 22.9. The van der Waals surface area contributed by atoms with Gasteiger partial charge in [0.2, 0.25) is 0 Å². The molecule has 2 aliphatic carbocycles. The average molecular weight is 611 g/mol. The van der Waals surface area contributed by atoms with Crippen LogP contribution >= 0.6 is 11.6 Å². The maximum atomic E-state index is 13.8. The van der Waals surface area contributed by atoms with Gasteiger partial charge in [-0.05, 0) is 80.0 Å². The number of aliphatic hydroxyl groups is 3. The highest BCUT2D eigenvalue weighted by Gasteiger charge is 2.60. The second-order valence-electron chi connectivity index (χ2n) is 10.5. The lowest BCUT2D eigenvalue weighted by molar-refractivity contribution is -0.178. The van der Waals surface area contributed by atoms with E-state index >= 15 is 0 Å². The molecule has 1 aromatic heterocycles. The normalized spacial score (nSPS) is 25.5. The predicted molar refractivity (Wildman–Crippen MR) is 142 cm³/mol. The van der Waals surface area contributed by atoms with Gasteiger partial charge in [-0.15, -0.1) is 0 Å². The van der Waals surface area contributed by atoms with Gasteiger partial charge in [0.25, 0.3) is 5.91 Å². The third-order valence-corrected chi connectivity index (χ3v) is 10.9. The number of rotatable bonds is 7. The van der Waals surface area contributed by atoms with E-state index in [1.165, 1.54) is 12.1 Å². The maximum absolute atomic E-state index is 13.8. The van der Waals surface area contributed by atoms with Crippen LogP contribution in [-0.4, -0.2) is 51.6 Å². The molecule has 2 aromatic carbocycles. The molecule has 0 saturated heterocycles. The summed E-state index contributed by atoms with van der Waals surface area (Å²) in [5.41, 5.74) is -2.12. The first kappa shape index (κ1) is 29.5. The zero-order chi connectivity index (χ0) is 29.7. The number of nitrogens with zero attached hydrogens (tertiary/aromatic N) is 1. The van der Waals surface area contributed by atoms with Gasteiger partial charge in [0.05, 0.1) is 26.5 Å². The molecule has 6 atom stereocenters. The van der Waals surface area contributed by atoms with Crippen LogP contribution in [0.4, 0.5) is 18.9 Å². The number of hydrogen-bond donors (Lipinski definition) is 4. The van der Waals surface area contributed by atoms with Crippen molar-refractivity contribution in [1.82, 2.24) is 4.98 Å². The first-order valence-corrected chi connectivity index (χ1v) is 14.7. The van der Waals surface area contributed by atoms with Crippen LogP contribution < -0.4 is 5.32 Å². The van der Waals surface area contributed by atoms with Crippen LogP contribution in [0, 0.1) is 29.3 Å². The number of benzene rings is 2. The number of halogens is 4. The molecule has 13 heteroatoms. The van der Waals surface area contributed by atoms with E-state index < -0.39 is 68.1 Å². The minimum absolute atomic E-state index is 0.0365. The largest absolute Gasteiger partial charge is 0.387 e. The van der Waals surface area contributed by atoms with Crippen molar-refractivity contribution in [3.63, 3.8) is 0 Å². The van der Waals surface area contributed by atoms with Gasteiger partial charge in [0.1, 0.15) is 18.0 Å². The van der Waals surface area contributed by atoms with Crippen LogP contribution in [0.3, 0.4) is 0 Å². The number of hydrogen-bond acceptors (Lipinski definition) is 7. The number of aliphatic hydroxyl groups excluding tert-OH is 2. The zero-order valence-electron chi connectivity index (χ0n) is 21.3. The Kier molecular flexibility index (Phi) is 7.90. The summed E-state index contributed by atoms with van der Waals surface area (Å²) in [5, 5.41) is 34.5. The molecule has 3 aromatic rings. The van der Waals surface area contributed by atoms with E-state index in [4.69, 9.17) is 11.6 Å². The van der Waals surface area contributed by atoms with Gasteiger partial charge in [0, 0.05) is 23.5 Å². The second kappa shape index (κ2) is 11.0. The van der Waals surface area contributed by atoms with Gasteiger partial charge >= 0.3 is 0 Å². The average Bonchev–Trinajstić information content (AvgIpc) is 3.10. The Morgan fingerprint density at radius 1 is 1.00 bits per heavy atom. The molecule has 2 fully saturated rings. The van der Waals surface area contributed by atoms with E-state index in [-0.39, 0.29) is 39.7 Å². The molecule has 218 valence electrons. The molecule has 1 heterocycles. The van der Waals surface area contributed by atoms with E-state index in [9.17, 15) is 41.7 Å². The second-order valence-corrected chi connectivity index (χ2v) is 13.1. The Morgan fingerprint density at radius 3 is 2.32 bits per heavy atom. The van der Waals surface area contributed by atoms with E-state index in [2.05, 4.69) is 10.3 Å². The predicted octanol–water partition coefficient (Wildman–Crippen LogP) is 4.19. The van der Waals surface area contributed by atoms with Gasteiger partial charge in [-0.25, -0.2) is 21.6 Å². The van der Waals surface area contributed by atoms with Crippen LogP contribution in [0.15, 0.2) is 59.6 Å². The monoisotopic (exact) mass is 610 g/mol. The highest BCUT2D eigenvalue weighted by atomic mass is 35.5. The van der Waals surface area contributed by atoms with Crippen molar-refractivity contribution in [3.8, 4) is 0 Å². The fourth-order valence-electron chi connectivity index (χ4n) is 6.10. The van der Waals surface area contributed by atoms with Crippen molar-refractivity contribution in [2.75, 3.05) is 5.32 Å². The number of pyridine rings is 1. The lowest BCUT2D eigenvalue weighted by Crippen LogP contribution is -2.57. The Labute approximate surface area is 238 Å². The number of sulfone groups is 1. The van der Waals surface area contributed by atoms with Crippen molar-refractivity contribution >= 4 is 33.0 Å². The Morgan fingerprint density at radius 2 is 1.68 bits per heavy atom. The topological polar surface area (TPSA) is 137 Å². The maximum Gasteiger partial charge on any atom is 0.255 e. The summed E-state index contributed by atoms with van der Waals surface area (Å²) in [6, 6.07) is 8.44. The third-order valence-electron chi connectivity index (χ3n) is 8.20. The van der Waals surface area contributed by atoms with Crippen molar-refractivity contribution < 1.29 is 41.7 Å². The first-order valence-electron chi connectivity index (χ1n) is 12.8. The summed E-state index contributed by atoms with van der Waals surface area (Å²) in [6.07, 6.45) is -1.67. The minimum atomic E-state index is -4.15. The number of aromatic nitrogens is 1. The molecule has 5 rings (SSSR count). The highest BCUT2D eigenvalue weighted by Crippen LogP contribution is 2.55. The summed E-state index contributed by atoms with van der Waals surface area (Å²) < 4.78 is 68.0. The molecule has 0 radical (unpaired) electrons. The molecule has 2 saturated carbocycles. The lowest BCUT2D eigenvalue weighted by atomic mass is 9.69. The number of anilines is 1. The molecule has 2 bridgehead atoms. The number of fused-ring (bicyclic) bond motifs is 2. The summed E-state index contributed by atoms with van der Waals surface area (Å²) in [7, 11) is -4.15. The van der Waals surface area contributed by atoms with E-state index in [1.807, 2.05) is 0 Å². The van der Waals surface area contributed by atoms with E-state index in [0.717, 1.165) is 42.6 Å². The lowest BCUT2D eigenvalue weighted by Gasteiger charge is -2.46. The summed E-state index contributed by atoms with van der Waals surface area (Å²) in [4.78, 5) is 16.3. The summed E-state index contributed by atoms with van der Waals surface area (Å²) in [5.74, 6) is -5.13. The van der Waals surface area contributed by atoms with Crippen molar-refractivity contribution in [2.24, 2.45) is 11.8 Å². The van der Waals surface area contributed by atoms with Crippen LogP contribution in [0.2, 0.25) is 5.02 Å². The quantitative estimate of drug-likeness (QED) is 0.315. The number of carbonyl (C=O) groups excluding carboxylic acids is 1. The van der Waals surface area contributed by atoms with Crippen LogP contribution in [0.5, 0.6) is 0 Å².